The number of likely N-dealkylation sites (N-methyl/N-ethyl adjacent to an activating group) is 1. The predicted molar refractivity (Wildman–Crippen MR) is 99.0 cm³/mol. The van der Waals surface area contributed by atoms with E-state index in [1.807, 2.05) is 37.2 Å². The topological polar surface area (TPSA) is 48.5 Å². The van der Waals surface area contributed by atoms with Crippen LogP contribution >= 0.6 is 0 Å². The molecule has 0 atom stereocenters. The first-order valence-corrected chi connectivity index (χ1v) is 8.24. The van der Waals surface area contributed by atoms with Crippen molar-refractivity contribution in [3.05, 3.63) is 53.9 Å². The van der Waals surface area contributed by atoms with Crippen LogP contribution in [0.1, 0.15) is 23.0 Å². The molecule has 24 heavy (non-hydrogen) atoms. The van der Waals surface area contributed by atoms with Gasteiger partial charge < -0.3 is 15.1 Å². The molecule has 0 aliphatic heterocycles. The van der Waals surface area contributed by atoms with Crippen LogP contribution in [0.3, 0.4) is 0 Å². The summed E-state index contributed by atoms with van der Waals surface area (Å²) in [6.07, 6.45) is 1.69. The van der Waals surface area contributed by atoms with Gasteiger partial charge in [0, 0.05) is 37.2 Å². The van der Waals surface area contributed by atoms with E-state index in [1.165, 1.54) is 5.56 Å². The number of nitrogens with one attached hydrogen (secondary N) is 1. The van der Waals surface area contributed by atoms with Gasteiger partial charge >= 0.3 is 0 Å². The fraction of sp³-hybridized carbons (Fsp3) is 0.368. The number of nitrogens with zero attached hydrogens (tertiary/aromatic N) is 3. The molecule has 0 radical (unpaired) electrons. The number of hydrogen-bond donors (Lipinski definition) is 1. The van der Waals surface area contributed by atoms with Crippen molar-refractivity contribution in [2.24, 2.45) is 0 Å². The van der Waals surface area contributed by atoms with Gasteiger partial charge in [0.1, 0.15) is 5.69 Å². The Morgan fingerprint density at radius 3 is 2.58 bits per heavy atom. The summed E-state index contributed by atoms with van der Waals surface area (Å²) in [6, 6.07) is 12.1. The summed E-state index contributed by atoms with van der Waals surface area (Å²) < 4.78 is 0. The van der Waals surface area contributed by atoms with Gasteiger partial charge in [-0.15, -0.1) is 0 Å². The highest BCUT2D eigenvalue weighted by Gasteiger charge is 2.12. The molecule has 1 N–H and O–H groups in total. The number of benzene rings is 1. The van der Waals surface area contributed by atoms with Crippen molar-refractivity contribution in [3.63, 3.8) is 0 Å². The van der Waals surface area contributed by atoms with E-state index in [9.17, 15) is 4.79 Å². The van der Waals surface area contributed by atoms with E-state index in [1.54, 1.807) is 6.20 Å². The van der Waals surface area contributed by atoms with Crippen LogP contribution in [-0.4, -0.2) is 49.5 Å². The van der Waals surface area contributed by atoms with Gasteiger partial charge in [-0.25, -0.2) is 0 Å². The standard InChI is InChI=1S/C19H26N4O/c1-5-23(16-8-6-7-15(2)13-16)17-9-10-20-18(14-17)19(24)21-11-12-22(3)4/h6-10,13-14H,5,11-12H2,1-4H3,(H,21,24). The highest BCUT2D eigenvalue weighted by molar-refractivity contribution is 5.93. The number of carbonyl (C=O) groups is 1. The maximum atomic E-state index is 12.3. The lowest BCUT2D eigenvalue weighted by Gasteiger charge is -2.24. The fourth-order valence-electron chi connectivity index (χ4n) is 2.51. The summed E-state index contributed by atoms with van der Waals surface area (Å²) in [7, 11) is 3.96. The van der Waals surface area contributed by atoms with Gasteiger partial charge in [0.05, 0.1) is 0 Å². The highest BCUT2D eigenvalue weighted by atomic mass is 16.1. The van der Waals surface area contributed by atoms with E-state index in [4.69, 9.17) is 0 Å². The van der Waals surface area contributed by atoms with E-state index in [2.05, 4.69) is 47.2 Å². The Hall–Kier alpha value is -2.40. The van der Waals surface area contributed by atoms with Crippen molar-refractivity contribution in [1.82, 2.24) is 15.2 Å². The molecule has 0 saturated heterocycles. The van der Waals surface area contributed by atoms with Crippen LogP contribution in [-0.2, 0) is 0 Å². The van der Waals surface area contributed by atoms with Crippen LogP contribution in [0.2, 0.25) is 0 Å². The van der Waals surface area contributed by atoms with Crippen molar-refractivity contribution >= 4 is 17.3 Å². The molecule has 1 aromatic carbocycles. The molecular formula is C19H26N4O. The molecule has 5 nitrogen and oxygen atoms in total. The van der Waals surface area contributed by atoms with Gasteiger partial charge in [0.15, 0.2) is 0 Å². The van der Waals surface area contributed by atoms with E-state index < -0.39 is 0 Å². The largest absolute Gasteiger partial charge is 0.349 e. The zero-order valence-corrected chi connectivity index (χ0v) is 14.9. The molecule has 0 spiro atoms. The molecule has 0 unspecified atom stereocenters. The van der Waals surface area contributed by atoms with Crippen molar-refractivity contribution in [2.75, 3.05) is 38.6 Å². The van der Waals surface area contributed by atoms with Crippen molar-refractivity contribution in [3.8, 4) is 0 Å². The molecule has 0 saturated carbocycles. The average Bonchev–Trinajstić information content (AvgIpc) is 2.55. The Labute approximate surface area is 144 Å². The van der Waals surface area contributed by atoms with Crippen LogP contribution in [0, 0.1) is 6.92 Å². The summed E-state index contributed by atoms with van der Waals surface area (Å²) in [5.41, 5.74) is 3.73. The van der Waals surface area contributed by atoms with Crippen molar-refractivity contribution in [1.29, 1.82) is 0 Å². The van der Waals surface area contributed by atoms with Gasteiger partial charge in [-0.05, 0) is 57.8 Å². The zero-order chi connectivity index (χ0) is 17.5. The molecule has 1 aromatic heterocycles. The summed E-state index contributed by atoms with van der Waals surface area (Å²) in [5, 5.41) is 2.90. The second kappa shape index (κ2) is 8.45. The number of amides is 1. The van der Waals surface area contributed by atoms with Crippen molar-refractivity contribution in [2.45, 2.75) is 13.8 Å². The number of hydrogen-bond acceptors (Lipinski definition) is 4. The van der Waals surface area contributed by atoms with E-state index in [0.29, 0.717) is 12.2 Å². The number of aryl methyl sites for hydroxylation is 1. The van der Waals surface area contributed by atoms with Crippen molar-refractivity contribution < 1.29 is 4.79 Å². The molecule has 0 bridgehead atoms. The molecule has 1 amide bonds. The normalized spacial score (nSPS) is 10.7. The highest BCUT2D eigenvalue weighted by Crippen LogP contribution is 2.25. The van der Waals surface area contributed by atoms with Gasteiger partial charge in [0.25, 0.3) is 5.91 Å². The molecule has 2 rings (SSSR count). The van der Waals surface area contributed by atoms with Crippen LogP contribution in [0.25, 0.3) is 0 Å². The predicted octanol–water partition coefficient (Wildman–Crippen LogP) is 2.84. The minimum atomic E-state index is -0.140. The van der Waals surface area contributed by atoms with Crippen LogP contribution in [0.4, 0.5) is 11.4 Å². The average molecular weight is 326 g/mol. The van der Waals surface area contributed by atoms with E-state index in [0.717, 1.165) is 24.5 Å². The van der Waals surface area contributed by atoms with Crippen LogP contribution in [0.5, 0.6) is 0 Å². The number of anilines is 2. The lowest BCUT2D eigenvalue weighted by atomic mass is 10.2. The zero-order valence-electron chi connectivity index (χ0n) is 14.9. The molecule has 2 aromatic rings. The van der Waals surface area contributed by atoms with Gasteiger partial charge in [-0.1, -0.05) is 12.1 Å². The number of aromatic nitrogens is 1. The minimum Gasteiger partial charge on any atom is -0.349 e. The Kier molecular flexibility index (Phi) is 6.32. The second-order valence-electron chi connectivity index (χ2n) is 6.04. The lowest BCUT2D eigenvalue weighted by Crippen LogP contribution is -2.32. The summed E-state index contributed by atoms with van der Waals surface area (Å²) in [6.45, 7) is 6.39. The molecular weight excluding hydrogens is 300 g/mol. The summed E-state index contributed by atoms with van der Waals surface area (Å²) in [5.74, 6) is -0.140. The third kappa shape index (κ3) is 4.80. The first-order chi connectivity index (χ1) is 11.5. The third-order valence-electron chi connectivity index (χ3n) is 3.76. The quantitative estimate of drug-likeness (QED) is 0.850. The van der Waals surface area contributed by atoms with Crippen LogP contribution < -0.4 is 10.2 Å². The Morgan fingerprint density at radius 2 is 1.92 bits per heavy atom. The van der Waals surface area contributed by atoms with Crippen LogP contribution in [0.15, 0.2) is 42.6 Å². The molecule has 1 heterocycles. The Bertz CT molecular complexity index is 685. The molecule has 0 fully saturated rings. The lowest BCUT2D eigenvalue weighted by molar-refractivity contribution is 0.0946. The molecule has 128 valence electrons. The maximum Gasteiger partial charge on any atom is 0.269 e. The van der Waals surface area contributed by atoms with Gasteiger partial charge in [-0.3, -0.25) is 9.78 Å². The summed E-state index contributed by atoms with van der Waals surface area (Å²) >= 11 is 0. The van der Waals surface area contributed by atoms with Gasteiger partial charge in [0.2, 0.25) is 0 Å². The fourth-order valence-corrected chi connectivity index (χ4v) is 2.51. The molecule has 5 heteroatoms. The maximum absolute atomic E-state index is 12.3. The molecule has 0 aliphatic rings. The Balaban J connectivity index is 2.17. The SMILES string of the molecule is CCN(c1cccc(C)c1)c1ccnc(C(=O)NCCN(C)C)c1. The Morgan fingerprint density at radius 1 is 1.17 bits per heavy atom. The van der Waals surface area contributed by atoms with E-state index in [-0.39, 0.29) is 5.91 Å². The monoisotopic (exact) mass is 326 g/mol. The van der Waals surface area contributed by atoms with E-state index >= 15 is 0 Å². The van der Waals surface area contributed by atoms with Gasteiger partial charge in [-0.2, -0.15) is 0 Å². The smallest absolute Gasteiger partial charge is 0.269 e. The molecule has 0 aliphatic carbocycles. The minimum absolute atomic E-state index is 0.140. The summed E-state index contributed by atoms with van der Waals surface area (Å²) in [4.78, 5) is 20.7. The second-order valence-corrected chi connectivity index (χ2v) is 6.04. The third-order valence-corrected chi connectivity index (χ3v) is 3.76. The number of pyridine rings is 1. The number of rotatable bonds is 7. The first kappa shape index (κ1) is 17.9. The number of carbonyl (C=O) groups excluding carboxylic acids is 1. The first-order valence-electron chi connectivity index (χ1n) is 8.24.